The van der Waals surface area contributed by atoms with Gasteiger partial charge in [0.05, 0.1) is 9.80 Å². The normalized spacial score (nSPS) is 25.2. The molecule has 1 aromatic heterocycles. The molecule has 0 spiro atoms. The SMILES string of the molecule is O=C(O)C1CC2CCCCC2N1C(=O)c1cc2cc([N+](=O)[O-])ccc2s1. The lowest BCUT2D eigenvalue weighted by Crippen LogP contribution is -2.46. The standard InChI is InChI=1S/C18H18N2O5S/c21-17(16-9-11-7-12(20(24)25)5-6-15(11)26-16)19-13-4-2-1-3-10(13)8-14(19)18(22)23/h5-7,9-10,13-14H,1-4,8H2,(H,22,23). The van der Waals surface area contributed by atoms with Crippen molar-refractivity contribution in [2.24, 2.45) is 5.92 Å². The van der Waals surface area contributed by atoms with E-state index in [1.807, 2.05) is 0 Å². The molecule has 1 N–H and O–H groups in total. The number of carbonyl (C=O) groups is 2. The Morgan fingerprint density at radius 1 is 1.23 bits per heavy atom. The van der Waals surface area contributed by atoms with Gasteiger partial charge < -0.3 is 10.0 Å². The Hall–Kier alpha value is -2.48. The summed E-state index contributed by atoms with van der Waals surface area (Å²) in [5, 5.41) is 21.2. The maximum Gasteiger partial charge on any atom is 0.326 e. The number of carboxylic acids is 1. The third kappa shape index (κ3) is 2.74. The zero-order valence-corrected chi connectivity index (χ0v) is 14.8. The quantitative estimate of drug-likeness (QED) is 0.652. The fraction of sp³-hybridized carbons (Fsp3) is 0.444. The summed E-state index contributed by atoms with van der Waals surface area (Å²) in [6, 6.07) is 5.35. The Morgan fingerprint density at radius 3 is 2.73 bits per heavy atom. The Labute approximate surface area is 153 Å². The molecule has 1 aliphatic carbocycles. The van der Waals surface area contributed by atoms with Crippen LogP contribution in [0.15, 0.2) is 24.3 Å². The predicted molar refractivity (Wildman–Crippen MR) is 96.4 cm³/mol. The number of nitro benzene ring substituents is 1. The van der Waals surface area contributed by atoms with Crippen molar-refractivity contribution in [2.45, 2.75) is 44.2 Å². The smallest absolute Gasteiger partial charge is 0.326 e. The van der Waals surface area contributed by atoms with Gasteiger partial charge in [0.2, 0.25) is 0 Å². The number of nitrogens with zero attached hydrogens (tertiary/aromatic N) is 2. The van der Waals surface area contributed by atoms with Gasteiger partial charge in [0, 0.05) is 28.3 Å². The zero-order chi connectivity index (χ0) is 18.4. The molecule has 0 radical (unpaired) electrons. The first-order valence-corrected chi connectivity index (χ1v) is 9.51. The first-order chi connectivity index (χ1) is 12.5. The number of aliphatic carboxylic acids is 1. The summed E-state index contributed by atoms with van der Waals surface area (Å²) in [6.45, 7) is 0. The van der Waals surface area contributed by atoms with Crippen LogP contribution in [0.5, 0.6) is 0 Å². The molecule has 2 aromatic rings. The summed E-state index contributed by atoms with van der Waals surface area (Å²) in [7, 11) is 0. The molecule has 2 fully saturated rings. The van der Waals surface area contributed by atoms with Crippen molar-refractivity contribution < 1.29 is 19.6 Å². The number of rotatable bonds is 3. The lowest BCUT2D eigenvalue weighted by Gasteiger charge is -2.32. The van der Waals surface area contributed by atoms with E-state index < -0.39 is 16.9 Å². The van der Waals surface area contributed by atoms with Crippen molar-refractivity contribution in [3.8, 4) is 0 Å². The third-order valence-corrected chi connectivity index (χ3v) is 6.63. The van der Waals surface area contributed by atoms with E-state index in [0.29, 0.717) is 16.7 Å². The maximum absolute atomic E-state index is 13.1. The highest BCUT2D eigenvalue weighted by Gasteiger charge is 2.47. The van der Waals surface area contributed by atoms with Crippen LogP contribution in [0.25, 0.3) is 10.1 Å². The van der Waals surface area contributed by atoms with Gasteiger partial charge in [0.1, 0.15) is 6.04 Å². The average molecular weight is 374 g/mol. The number of benzene rings is 1. The number of hydrogen-bond acceptors (Lipinski definition) is 5. The minimum Gasteiger partial charge on any atom is -0.480 e. The number of carbonyl (C=O) groups excluding carboxylic acids is 1. The van der Waals surface area contributed by atoms with Gasteiger partial charge in [0.15, 0.2) is 0 Å². The molecule has 1 aliphatic heterocycles. The molecule has 1 amide bonds. The second kappa shape index (κ2) is 6.35. The molecule has 2 aliphatic rings. The Morgan fingerprint density at radius 2 is 2.00 bits per heavy atom. The summed E-state index contributed by atoms with van der Waals surface area (Å²) >= 11 is 1.26. The average Bonchev–Trinajstić information content (AvgIpc) is 3.21. The topological polar surface area (TPSA) is 101 Å². The summed E-state index contributed by atoms with van der Waals surface area (Å²) in [5.74, 6) is -0.968. The van der Waals surface area contributed by atoms with Crippen LogP contribution >= 0.6 is 11.3 Å². The van der Waals surface area contributed by atoms with Gasteiger partial charge >= 0.3 is 5.97 Å². The van der Waals surface area contributed by atoms with Crippen LogP contribution in [0.4, 0.5) is 5.69 Å². The highest BCUT2D eigenvalue weighted by molar-refractivity contribution is 7.20. The van der Waals surface area contributed by atoms with Crippen LogP contribution in [-0.2, 0) is 4.79 Å². The van der Waals surface area contributed by atoms with E-state index in [9.17, 15) is 24.8 Å². The fourth-order valence-corrected chi connectivity index (χ4v) is 5.34. The molecule has 1 aromatic carbocycles. The molecule has 1 saturated heterocycles. The minimum atomic E-state index is -0.954. The second-order valence-electron chi connectivity index (χ2n) is 7.00. The molecule has 0 bridgehead atoms. The molecular formula is C18H18N2O5S. The number of carboxylic acid groups (broad SMARTS) is 1. The van der Waals surface area contributed by atoms with Crippen molar-refractivity contribution in [2.75, 3.05) is 0 Å². The molecular weight excluding hydrogens is 356 g/mol. The molecule has 7 nitrogen and oxygen atoms in total. The van der Waals surface area contributed by atoms with Crippen molar-refractivity contribution >= 4 is 39.0 Å². The largest absolute Gasteiger partial charge is 0.480 e. The lowest BCUT2D eigenvalue weighted by atomic mass is 9.85. The Bertz CT molecular complexity index is 908. The molecule has 1 saturated carbocycles. The van der Waals surface area contributed by atoms with Gasteiger partial charge in [0.25, 0.3) is 11.6 Å². The highest BCUT2D eigenvalue weighted by Crippen LogP contribution is 2.41. The molecule has 3 unspecified atom stereocenters. The van der Waals surface area contributed by atoms with Crippen LogP contribution < -0.4 is 0 Å². The monoisotopic (exact) mass is 374 g/mol. The van der Waals surface area contributed by atoms with Crippen LogP contribution in [0.2, 0.25) is 0 Å². The summed E-state index contributed by atoms with van der Waals surface area (Å²) in [4.78, 5) is 37.3. The van der Waals surface area contributed by atoms with Gasteiger partial charge in [-0.05, 0) is 37.3 Å². The van der Waals surface area contributed by atoms with E-state index in [4.69, 9.17) is 0 Å². The maximum atomic E-state index is 13.1. The highest BCUT2D eigenvalue weighted by atomic mass is 32.1. The Kier molecular flexibility index (Phi) is 4.14. The summed E-state index contributed by atoms with van der Waals surface area (Å²) in [6.07, 6.45) is 4.42. The van der Waals surface area contributed by atoms with E-state index >= 15 is 0 Å². The van der Waals surface area contributed by atoms with E-state index in [0.717, 1.165) is 30.4 Å². The molecule has 4 rings (SSSR count). The zero-order valence-electron chi connectivity index (χ0n) is 14.0. The number of hydrogen-bond donors (Lipinski definition) is 1. The molecule has 2 heterocycles. The lowest BCUT2D eigenvalue weighted by molar-refractivity contribution is -0.384. The van der Waals surface area contributed by atoms with Gasteiger partial charge in [-0.15, -0.1) is 11.3 Å². The fourth-order valence-electron chi connectivity index (χ4n) is 4.35. The number of fused-ring (bicyclic) bond motifs is 2. The van der Waals surface area contributed by atoms with Crippen molar-refractivity contribution in [1.29, 1.82) is 0 Å². The van der Waals surface area contributed by atoms with Gasteiger partial charge in [-0.25, -0.2) is 4.79 Å². The number of non-ortho nitro benzene ring substituents is 1. The van der Waals surface area contributed by atoms with Crippen molar-refractivity contribution in [3.05, 3.63) is 39.3 Å². The van der Waals surface area contributed by atoms with Crippen LogP contribution in [-0.4, -0.2) is 38.9 Å². The van der Waals surface area contributed by atoms with Gasteiger partial charge in [-0.3, -0.25) is 14.9 Å². The first-order valence-electron chi connectivity index (χ1n) is 8.69. The molecule has 136 valence electrons. The summed E-state index contributed by atoms with van der Waals surface area (Å²) < 4.78 is 0.783. The number of likely N-dealkylation sites (tertiary alicyclic amines) is 1. The molecule has 8 heteroatoms. The molecule has 3 atom stereocenters. The molecule has 26 heavy (non-hydrogen) atoms. The van der Waals surface area contributed by atoms with E-state index in [1.165, 1.54) is 23.5 Å². The van der Waals surface area contributed by atoms with E-state index in [1.54, 1.807) is 17.0 Å². The second-order valence-corrected chi connectivity index (χ2v) is 8.09. The van der Waals surface area contributed by atoms with Crippen LogP contribution in [0.1, 0.15) is 41.8 Å². The van der Waals surface area contributed by atoms with Crippen molar-refractivity contribution in [3.63, 3.8) is 0 Å². The first kappa shape index (κ1) is 17.0. The van der Waals surface area contributed by atoms with Crippen LogP contribution in [0.3, 0.4) is 0 Å². The Balaban J connectivity index is 1.70. The van der Waals surface area contributed by atoms with Crippen LogP contribution in [0, 0.1) is 16.0 Å². The third-order valence-electron chi connectivity index (χ3n) is 5.53. The number of nitro groups is 1. The predicted octanol–water partition coefficient (Wildman–Crippen LogP) is 3.67. The van der Waals surface area contributed by atoms with Gasteiger partial charge in [-0.1, -0.05) is 12.8 Å². The summed E-state index contributed by atoms with van der Waals surface area (Å²) in [5.41, 5.74) is -0.0220. The van der Waals surface area contributed by atoms with Crippen molar-refractivity contribution in [1.82, 2.24) is 4.90 Å². The number of thiophene rings is 1. The number of amides is 1. The van der Waals surface area contributed by atoms with E-state index in [-0.39, 0.29) is 23.6 Å². The van der Waals surface area contributed by atoms with Gasteiger partial charge in [-0.2, -0.15) is 0 Å². The minimum absolute atomic E-state index is 0.0168. The van der Waals surface area contributed by atoms with E-state index in [2.05, 4.69) is 0 Å².